The SMILES string of the molecule is CCNc1ccc(C(=O)N2CC(C)CC(C)C2C)cc1C. The van der Waals surface area contributed by atoms with Crippen LogP contribution in [0.25, 0.3) is 0 Å². The zero-order valence-corrected chi connectivity index (χ0v) is 13.9. The largest absolute Gasteiger partial charge is 0.385 e. The number of carbonyl (C=O) groups is 1. The second-order valence-corrected chi connectivity index (χ2v) is 6.58. The van der Waals surface area contributed by atoms with Crippen molar-refractivity contribution in [2.45, 2.75) is 47.1 Å². The Kier molecular flexibility index (Phi) is 4.92. The smallest absolute Gasteiger partial charge is 0.254 e. The molecule has 0 aliphatic carbocycles. The molecule has 3 unspecified atom stereocenters. The number of anilines is 1. The summed E-state index contributed by atoms with van der Waals surface area (Å²) in [5.74, 6) is 1.33. The second kappa shape index (κ2) is 6.50. The maximum atomic E-state index is 12.8. The van der Waals surface area contributed by atoms with Crippen molar-refractivity contribution in [3.63, 3.8) is 0 Å². The number of hydrogen-bond donors (Lipinski definition) is 1. The molecule has 0 radical (unpaired) electrons. The van der Waals surface area contributed by atoms with E-state index >= 15 is 0 Å². The predicted molar refractivity (Wildman–Crippen MR) is 88.8 cm³/mol. The van der Waals surface area contributed by atoms with Crippen molar-refractivity contribution < 1.29 is 4.79 Å². The van der Waals surface area contributed by atoms with Gasteiger partial charge in [-0.25, -0.2) is 0 Å². The average molecular weight is 288 g/mol. The average Bonchev–Trinajstić information content (AvgIpc) is 2.44. The molecule has 1 aromatic carbocycles. The van der Waals surface area contributed by atoms with Crippen LogP contribution in [0.5, 0.6) is 0 Å². The number of likely N-dealkylation sites (tertiary alicyclic amines) is 1. The minimum absolute atomic E-state index is 0.173. The molecule has 1 heterocycles. The zero-order valence-electron chi connectivity index (χ0n) is 13.9. The van der Waals surface area contributed by atoms with E-state index in [1.165, 1.54) is 6.42 Å². The third kappa shape index (κ3) is 3.39. The molecular weight excluding hydrogens is 260 g/mol. The number of amides is 1. The lowest BCUT2D eigenvalue weighted by Gasteiger charge is -2.41. The summed E-state index contributed by atoms with van der Waals surface area (Å²) in [5.41, 5.74) is 3.05. The highest BCUT2D eigenvalue weighted by Gasteiger charge is 2.32. The lowest BCUT2D eigenvalue weighted by Crippen LogP contribution is -2.48. The maximum absolute atomic E-state index is 12.8. The van der Waals surface area contributed by atoms with Gasteiger partial charge >= 0.3 is 0 Å². The van der Waals surface area contributed by atoms with Crippen molar-refractivity contribution in [2.24, 2.45) is 11.8 Å². The number of aryl methyl sites for hydroxylation is 1. The zero-order chi connectivity index (χ0) is 15.6. The minimum Gasteiger partial charge on any atom is -0.385 e. The van der Waals surface area contributed by atoms with Crippen LogP contribution in [0.1, 0.15) is 50.0 Å². The van der Waals surface area contributed by atoms with Crippen molar-refractivity contribution in [3.8, 4) is 0 Å². The Labute approximate surface area is 128 Å². The van der Waals surface area contributed by atoms with Crippen LogP contribution < -0.4 is 5.32 Å². The van der Waals surface area contributed by atoms with Gasteiger partial charge in [0, 0.05) is 30.4 Å². The maximum Gasteiger partial charge on any atom is 0.254 e. The first-order valence-electron chi connectivity index (χ1n) is 8.09. The fraction of sp³-hybridized carbons (Fsp3) is 0.611. The molecule has 1 amide bonds. The molecule has 116 valence electrons. The first-order chi connectivity index (χ1) is 9.93. The molecule has 3 heteroatoms. The fourth-order valence-corrected chi connectivity index (χ4v) is 3.33. The number of benzene rings is 1. The van der Waals surface area contributed by atoms with E-state index in [2.05, 4.69) is 44.8 Å². The van der Waals surface area contributed by atoms with Crippen molar-refractivity contribution in [2.75, 3.05) is 18.4 Å². The molecule has 1 aromatic rings. The van der Waals surface area contributed by atoms with Gasteiger partial charge in [0.15, 0.2) is 0 Å². The van der Waals surface area contributed by atoms with Crippen LogP contribution in [0.4, 0.5) is 5.69 Å². The van der Waals surface area contributed by atoms with Gasteiger partial charge in [0.05, 0.1) is 0 Å². The van der Waals surface area contributed by atoms with Crippen LogP contribution in [0.3, 0.4) is 0 Å². The Bertz CT molecular complexity index is 512. The summed E-state index contributed by atoms with van der Waals surface area (Å²) in [6.07, 6.45) is 1.21. The summed E-state index contributed by atoms with van der Waals surface area (Å²) in [5, 5.41) is 3.32. The van der Waals surface area contributed by atoms with Gasteiger partial charge in [0.25, 0.3) is 5.91 Å². The summed E-state index contributed by atoms with van der Waals surface area (Å²) in [6, 6.07) is 6.30. The van der Waals surface area contributed by atoms with E-state index in [1.54, 1.807) is 0 Å². The van der Waals surface area contributed by atoms with Gasteiger partial charge in [-0.2, -0.15) is 0 Å². The van der Waals surface area contributed by atoms with Crippen LogP contribution in [-0.4, -0.2) is 29.9 Å². The van der Waals surface area contributed by atoms with Gasteiger partial charge in [-0.05, 0) is 62.8 Å². The van der Waals surface area contributed by atoms with E-state index in [1.807, 2.05) is 18.2 Å². The lowest BCUT2D eigenvalue weighted by molar-refractivity contribution is 0.0455. The van der Waals surface area contributed by atoms with Gasteiger partial charge in [0.1, 0.15) is 0 Å². The molecule has 2 rings (SSSR count). The van der Waals surface area contributed by atoms with Crippen LogP contribution in [0.15, 0.2) is 18.2 Å². The van der Waals surface area contributed by atoms with Crippen molar-refractivity contribution in [1.82, 2.24) is 4.90 Å². The summed E-state index contributed by atoms with van der Waals surface area (Å²) in [6.45, 7) is 12.6. The summed E-state index contributed by atoms with van der Waals surface area (Å²) in [7, 11) is 0. The topological polar surface area (TPSA) is 32.3 Å². The van der Waals surface area contributed by atoms with E-state index in [0.717, 1.165) is 29.9 Å². The summed E-state index contributed by atoms with van der Waals surface area (Å²) in [4.78, 5) is 14.9. The predicted octanol–water partition coefficient (Wildman–Crippen LogP) is 3.93. The number of carbonyl (C=O) groups excluding carboxylic acids is 1. The monoisotopic (exact) mass is 288 g/mol. The summed E-state index contributed by atoms with van der Waals surface area (Å²) < 4.78 is 0. The Morgan fingerprint density at radius 3 is 2.67 bits per heavy atom. The molecular formula is C18H28N2O. The van der Waals surface area contributed by atoms with E-state index in [-0.39, 0.29) is 5.91 Å². The standard InChI is InChI=1S/C18H28N2O/c1-6-19-17-8-7-16(10-14(17)4)18(21)20-11-12(2)9-13(3)15(20)5/h7-8,10,12-13,15,19H,6,9,11H2,1-5H3. The normalized spacial score (nSPS) is 25.8. The number of hydrogen-bond acceptors (Lipinski definition) is 2. The number of rotatable bonds is 3. The van der Waals surface area contributed by atoms with Crippen molar-refractivity contribution in [1.29, 1.82) is 0 Å². The quantitative estimate of drug-likeness (QED) is 0.914. The van der Waals surface area contributed by atoms with E-state index < -0.39 is 0 Å². The lowest BCUT2D eigenvalue weighted by atomic mass is 9.85. The molecule has 0 spiro atoms. The fourth-order valence-electron chi connectivity index (χ4n) is 3.33. The number of nitrogens with zero attached hydrogens (tertiary/aromatic N) is 1. The van der Waals surface area contributed by atoms with Crippen molar-refractivity contribution >= 4 is 11.6 Å². The van der Waals surface area contributed by atoms with E-state index in [4.69, 9.17) is 0 Å². The molecule has 1 aliphatic heterocycles. The van der Waals surface area contributed by atoms with Crippen LogP contribution in [-0.2, 0) is 0 Å². The molecule has 0 aromatic heterocycles. The third-order valence-corrected chi connectivity index (χ3v) is 4.70. The Morgan fingerprint density at radius 1 is 1.33 bits per heavy atom. The molecule has 0 saturated carbocycles. The second-order valence-electron chi connectivity index (χ2n) is 6.58. The molecule has 1 saturated heterocycles. The molecule has 1 fully saturated rings. The highest BCUT2D eigenvalue weighted by Crippen LogP contribution is 2.28. The Balaban J connectivity index is 2.21. The van der Waals surface area contributed by atoms with E-state index in [0.29, 0.717) is 17.9 Å². The van der Waals surface area contributed by atoms with Gasteiger partial charge in [-0.1, -0.05) is 13.8 Å². The molecule has 3 nitrogen and oxygen atoms in total. The Morgan fingerprint density at radius 2 is 2.05 bits per heavy atom. The first kappa shape index (κ1) is 15.9. The number of nitrogens with one attached hydrogen (secondary N) is 1. The molecule has 1 aliphatic rings. The highest BCUT2D eigenvalue weighted by molar-refractivity contribution is 5.95. The third-order valence-electron chi connectivity index (χ3n) is 4.70. The molecule has 21 heavy (non-hydrogen) atoms. The molecule has 0 bridgehead atoms. The van der Waals surface area contributed by atoms with Gasteiger partial charge in [-0.3, -0.25) is 4.79 Å². The van der Waals surface area contributed by atoms with Gasteiger partial charge in [0.2, 0.25) is 0 Å². The minimum atomic E-state index is 0.173. The van der Waals surface area contributed by atoms with Crippen LogP contribution in [0, 0.1) is 18.8 Å². The summed E-state index contributed by atoms with van der Waals surface area (Å²) >= 11 is 0. The number of piperidine rings is 1. The Hall–Kier alpha value is -1.51. The van der Waals surface area contributed by atoms with Crippen LogP contribution in [0.2, 0.25) is 0 Å². The van der Waals surface area contributed by atoms with Crippen molar-refractivity contribution in [3.05, 3.63) is 29.3 Å². The molecule has 1 N–H and O–H groups in total. The van der Waals surface area contributed by atoms with Crippen LogP contribution >= 0.6 is 0 Å². The molecule has 3 atom stereocenters. The van der Waals surface area contributed by atoms with Gasteiger partial charge in [-0.15, -0.1) is 0 Å². The van der Waals surface area contributed by atoms with E-state index in [9.17, 15) is 4.79 Å². The first-order valence-corrected chi connectivity index (χ1v) is 8.09. The van der Waals surface area contributed by atoms with Gasteiger partial charge < -0.3 is 10.2 Å². The highest BCUT2D eigenvalue weighted by atomic mass is 16.2.